The van der Waals surface area contributed by atoms with Crippen LogP contribution in [0.4, 0.5) is 13.2 Å². The molecule has 0 N–H and O–H groups in total. The van der Waals surface area contributed by atoms with Crippen LogP contribution in [0.1, 0.15) is 5.56 Å². The third-order valence-corrected chi connectivity index (χ3v) is 4.33. The molecular formula is C21H15F3N2O. The van der Waals surface area contributed by atoms with Crippen molar-refractivity contribution >= 4 is 11.0 Å². The summed E-state index contributed by atoms with van der Waals surface area (Å²) in [5.74, 6) is 1.17. The number of alkyl halides is 3. The van der Waals surface area contributed by atoms with E-state index in [1.165, 1.54) is 6.07 Å². The second-order valence-corrected chi connectivity index (χ2v) is 6.04. The van der Waals surface area contributed by atoms with Gasteiger partial charge in [-0.1, -0.05) is 36.4 Å². The van der Waals surface area contributed by atoms with Crippen molar-refractivity contribution in [3.8, 4) is 22.8 Å². The molecule has 27 heavy (non-hydrogen) atoms. The van der Waals surface area contributed by atoms with E-state index < -0.39 is 11.7 Å². The molecule has 0 bridgehead atoms. The molecule has 0 unspecified atom stereocenters. The van der Waals surface area contributed by atoms with Gasteiger partial charge in [-0.25, -0.2) is 4.98 Å². The number of fused-ring (bicyclic) bond motifs is 1. The van der Waals surface area contributed by atoms with Crippen LogP contribution in [0.2, 0.25) is 0 Å². The van der Waals surface area contributed by atoms with Gasteiger partial charge in [-0.05, 0) is 30.3 Å². The molecule has 3 aromatic carbocycles. The highest BCUT2D eigenvalue weighted by Gasteiger charge is 2.31. The fraction of sp³-hybridized carbons (Fsp3) is 0.0952. The summed E-state index contributed by atoms with van der Waals surface area (Å²) in [6.07, 6.45) is -4.42. The van der Waals surface area contributed by atoms with Crippen molar-refractivity contribution in [1.29, 1.82) is 0 Å². The van der Waals surface area contributed by atoms with Crippen LogP contribution in [0.15, 0.2) is 72.8 Å². The minimum atomic E-state index is -4.42. The lowest BCUT2D eigenvalue weighted by Crippen LogP contribution is -2.06. The second kappa shape index (κ2) is 6.46. The van der Waals surface area contributed by atoms with E-state index in [1.807, 2.05) is 30.3 Å². The number of hydrogen-bond acceptors (Lipinski definition) is 2. The van der Waals surface area contributed by atoms with Gasteiger partial charge in [0.05, 0.1) is 23.7 Å². The Morgan fingerprint density at radius 2 is 1.67 bits per heavy atom. The van der Waals surface area contributed by atoms with E-state index in [0.717, 1.165) is 17.7 Å². The molecule has 0 aliphatic heterocycles. The summed E-state index contributed by atoms with van der Waals surface area (Å²) in [7, 11) is 1.55. The Morgan fingerprint density at radius 3 is 2.37 bits per heavy atom. The van der Waals surface area contributed by atoms with Gasteiger partial charge in [-0.2, -0.15) is 13.2 Å². The van der Waals surface area contributed by atoms with E-state index in [9.17, 15) is 13.2 Å². The Kier molecular flexibility index (Phi) is 4.11. The molecule has 4 aromatic rings. The Hall–Kier alpha value is -3.28. The zero-order valence-electron chi connectivity index (χ0n) is 14.4. The number of benzene rings is 3. The molecular weight excluding hydrogens is 353 g/mol. The van der Waals surface area contributed by atoms with Crippen molar-refractivity contribution in [3.63, 3.8) is 0 Å². The lowest BCUT2D eigenvalue weighted by molar-refractivity contribution is -0.137. The third-order valence-electron chi connectivity index (χ3n) is 4.33. The molecule has 0 saturated heterocycles. The molecule has 0 atom stereocenters. The molecule has 3 nitrogen and oxygen atoms in total. The van der Waals surface area contributed by atoms with Gasteiger partial charge in [-0.3, -0.25) is 4.57 Å². The van der Waals surface area contributed by atoms with Gasteiger partial charge in [-0.15, -0.1) is 0 Å². The quantitative estimate of drug-likeness (QED) is 0.462. The summed E-state index contributed by atoms with van der Waals surface area (Å²) >= 11 is 0. The lowest BCUT2D eigenvalue weighted by Gasteiger charge is -2.13. The smallest absolute Gasteiger partial charge is 0.416 e. The molecule has 0 aliphatic carbocycles. The summed E-state index contributed by atoms with van der Waals surface area (Å²) in [6, 6.07) is 20.0. The number of ether oxygens (including phenoxy) is 1. The van der Waals surface area contributed by atoms with Crippen LogP contribution in [0, 0.1) is 0 Å². The highest BCUT2D eigenvalue weighted by Crippen LogP contribution is 2.34. The molecule has 0 fully saturated rings. The Morgan fingerprint density at radius 1 is 0.889 bits per heavy atom. The van der Waals surface area contributed by atoms with Crippen molar-refractivity contribution in [2.24, 2.45) is 0 Å². The largest absolute Gasteiger partial charge is 0.497 e. The maximum Gasteiger partial charge on any atom is 0.416 e. The number of rotatable bonds is 3. The third kappa shape index (κ3) is 3.14. The maximum absolute atomic E-state index is 13.2. The van der Waals surface area contributed by atoms with Gasteiger partial charge < -0.3 is 4.74 Å². The molecule has 0 aliphatic rings. The average Bonchev–Trinajstić information content (AvgIpc) is 3.06. The summed E-state index contributed by atoms with van der Waals surface area (Å²) < 4.78 is 46.7. The Balaban J connectivity index is 2.03. The van der Waals surface area contributed by atoms with Crippen LogP contribution in [0.5, 0.6) is 5.75 Å². The monoisotopic (exact) mass is 368 g/mol. The van der Waals surface area contributed by atoms with Crippen LogP contribution >= 0.6 is 0 Å². The standard InChI is InChI=1S/C21H15F3N2O/c1-27-17-10-11-18-19(13-17)26(20(25-18)14-6-3-2-4-7-14)16-9-5-8-15(12-16)21(22,23)24/h2-13H,1H3. The normalized spacial score (nSPS) is 11.7. The predicted octanol–water partition coefficient (Wildman–Crippen LogP) is 5.72. The average molecular weight is 368 g/mol. The molecule has 0 radical (unpaired) electrons. The van der Waals surface area contributed by atoms with Gasteiger partial charge in [0.1, 0.15) is 11.6 Å². The molecule has 1 heterocycles. The first-order chi connectivity index (χ1) is 13.0. The Bertz CT molecular complexity index is 1100. The minimum absolute atomic E-state index is 0.388. The van der Waals surface area contributed by atoms with Crippen LogP contribution in [0.25, 0.3) is 28.1 Å². The molecule has 1 aromatic heterocycles. The molecule has 0 spiro atoms. The maximum atomic E-state index is 13.2. The van der Waals surface area contributed by atoms with Crippen molar-refractivity contribution in [1.82, 2.24) is 9.55 Å². The van der Waals surface area contributed by atoms with Gasteiger partial charge >= 0.3 is 6.18 Å². The van der Waals surface area contributed by atoms with E-state index in [4.69, 9.17) is 4.74 Å². The molecule has 4 rings (SSSR count). The number of imidazole rings is 1. The van der Waals surface area contributed by atoms with Crippen LogP contribution in [-0.2, 0) is 6.18 Å². The first-order valence-corrected chi connectivity index (χ1v) is 8.27. The van der Waals surface area contributed by atoms with Gasteiger partial charge in [0.2, 0.25) is 0 Å². The second-order valence-electron chi connectivity index (χ2n) is 6.04. The van der Waals surface area contributed by atoms with E-state index in [-0.39, 0.29) is 0 Å². The molecule has 136 valence electrons. The van der Waals surface area contributed by atoms with Crippen LogP contribution < -0.4 is 4.74 Å². The highest BCUT2D eigenvalue weighted by molar-refractivity contribution is 5.84. The van der Waals surface area contributed by atoms with Crippen LogP contribution in [-0.4, -0.2) is 16.7 Å². The summed E-state index contributed by atoms with van der Waals surface area (Å²) in [5.41, 5.74) is 1.84. The number of methoxy groups -OCH3 is 1. The van der Waals surface area contributed by atoms with E-state index in [2.05, 4.69) is 4.98 Å². The van der Waals surface area contributed by atoms with Crippen molar-refractivity contribution in [2.45, 2.75) is 6.18 Å². The molecule has 0 amide bonds. The van der Waals surface area contributed by atoms with Crippen molar-refractivity contribution in [3.05, 3.63) is 78.4 Å². The summed E-state index contributed by atoms with van der Waals surface area (Å²) in [4.78, 5) is 4.65. The van der Waals surface area contributed by atoms with Crippen molar-refractivity contribution < 1.29 is 17.9 Å². The fourth-order valence-electron chi connectivity index (χ4n) is 3.05. The highest BCUT2D eigenvalue weighted by atomic mass is 19.4. The topological polar surface area (TPSA) is 27.1 Å². The lowest BCUT2D eigenvalue weighted by atomic mass is 10.1. The molecule has 6 heteroatoms. The number of hydrogen-bond donors (Lipinski definition) is 0. The predicted molar refractivity (Wildman–Crippen MR) is 98.1 cm³/mol. The fourth-order valence-corrected chi connectivity index (χ4v) is 3.05. The van der Waals surface area contributed by atoms with E-state index in [1.54, 1.807) is 35.9 Å². The number of nitrogens with zero attached hydrogens (tertiary/aromatic N) is 2. The van der Waals surface area contributed by atoms with E-state index in [0.29, 0.717) is 28.3 Å². The number of aromatic nitrogens is 2. The zero-order valence-corrected chi connectivity index (χ0v) is 14.4. The van der Waals surface area contributed by atoms with Crippen molar-refractivity contribution in [2.75, 3.05) is 7.11 Å². The van der Waals surface area contributed by atoms with Gasteiger partial charge in [0.25, 0.3) is 0 Å². The first kappa shape index (κ1) is 17.1. The van der Waals surface area contributed by atoms with Crippen LogP contribution in [0.3, 0.4) is 0 Å². The van der Waals surface area contributed by atoms with Gasteiger partial charge in [0, 0.05) is 17.3 Å². The summed E-state index contributed by atoms with van der Waals surface area (Å²) in [5, 5.41) is 0. The minimum Gasteiger partial charge on any atom is -0.497 e. The molecule has 0 saturated carbocycles. The first-order valence-electron chi connectivity index (χ1n) is 8.27. The number of halogens is 3. The van der Waals surface area contributed by atoms with E-state index >= 15 is 0 Å². The Labute approximate surface area is 153 Å². The SMILES string of the molecule is COc1ccc2nc(-c3ccccc3)n(-c3cccc(C(F)(F)F)c3)c2c1. The summed E-state index contributed by atoms with van der Waals surface area (Å²) in [6.45, 7) is 0. The zero-order chi connectivity index (χ0) is 19.0. The van der Waals surface area contributed by atoms with Gasteiger partial charge in [0.15, 0.2) is 0 Å².